The van der Waals surface area contributed by atoms with Crippen LogP contribution in [0.25, 0.3) is 0 Å². The normalized spacial score (nSPS) is 15.3. The maximum absolute atomic E-state index is 4.65. The molecule has 27 heavy (non-hydrogen) atoms. The summed E-state index contributed by atoms with van der Waals surface area (Å²) in [5.74, 6) is 2.74. The van der Waals surface area contributed by atoms with E-state index in [1.165, 1.54) is 12.8 Å². The van der Waals surface area contributed by atoms with Gasteiger partial charge in [0.05, 0.1) is 0 Å². The van der Waals surface area contributed by atoms with Gasteiger partial charge in [-0.1, -0.05) is 13.0 Å². The number of guanidine groups is 1. The van der Waals surface area contributed by atoms with Crippen LogP contribution in [0.1, 0.15) is 25.3 Å². The topological polar surface area (TPSA) is 57.5 Å². The molecule has 0 radical (unpaired) electrons. The van der Waals surface area contributed by atoms with Crippen LogP contribution in [0.2, 0.25) is 0 Å². The molecule has 6 nitrogen and oxygen atoms in total. The molecule has 148 valence electrons. The maximum atomic E-state index is 4.65. The van der Waals surface area contributed by atoms with Gasteiger partial charge in [0.1, 0.15) is 5.82 Å². The van der Waals surface area contributed by atoms with E-state index in [2.05, 4.69) is 61.5 Å². The zero-order chi connectivity index (χ0) is 18.2. The van der Waals surface area contributed by atoms with Crippen LogP contribution in [0.5, 0.6) is 0 Å². The summed E-state index contributed by atoms with van der Waals surface area (Å²) in [5, 5.41) is 6.68. The number of nitrogens with zero attached hydrogens (tertiary/aromatic N) is 4. The third-order valence-electron chi connectivity index (χ3n) is 4.93. The summed E-state index contributed by atoms with van der Waals surface area (Å²) in [7, 11) is 1.80. The molecule has 0 amide bonds. The van der Waals surface area contributed by atoms with Crippen LogP contribution in [0.3, 0.4) is 0 Å². The summed E-state index contributed by atoms with van der Waals surface area (Å²) in [6, 6.07) is 8.36. The molecule has 0 spiro atoms. The minimum Gasteiger partial charge on any atom is -0.357 e. The molecule has 2 aromatic rings. The Morgan fingerprint density at radius 2 is 1.93 bits per heavy atom. The first-order valence-corrected chi connectivity index (χ1v) is 9.50. The SMILES string of the molecule is CN=C(NCCn1cccc1)NCc1ccc(N2CCC(C)CC2)nc1.I. The summed E-state index contributed by atoms with van der Waals surface area (Å²) in [5.41, 5.74) is 1.16. The van der Waals surface area contributed by atoms with E-state index in [-0.39, 0.29) is 24.0 Å². The first-order valence-electron chi connectivity index (χ1n) is 9.50. The predicted octanol–water partition coefficient (Wildman–Crippen LogP) is 3.10. The van der Waals surface area contributed by atoms with Gasteiger partial charge in [-0.05, 0) is 42.5 Å². The predicted molar refractivity (Wildman–Crippen MR) is 123 cm³/mol. The van der Waals surface area contributed by atoms with Gasteiger partial charge in [0.25, 0.3) is 0 Å². The molecular formula is C20H31IN6. The van der Waals surface area contributed by atoms with E-state index >= 15 is 0 Å². The smallest absolute Gasteiger partial charge is 0.191 e. The van der Waals surface area contributed by atoms with Crippen molar-refractivity contribution >= 4 is 35.8 Å². The van der Waals surface area contributed by atoms with Gasteiger partial charge in [-0.3, -0.25) is 4.99 Å². The van der Waals surface area contributed by atoms with E-state index in [4.69, 9.17) is 0 Å². The van der Waals surface area contributed by atoms with Crippen molar-refractivity contribution in [3.8, 4) is 0 Å². The minimum absolute atomic E-state index is 0. The fourth-order valence-corrected chi connectivity index (χ4v) is 3.18. The Morgan fingerprint density at radius 3 is 2.56 bits per heavy atom. The van der Waals surface area contributed by atoms with Crippen molar-refractivity contribution < 1.29 is 0 Å². The average molecular weight is 482 g/mol. The second kappa shape index (κ2) is 11.2. The van der Waals surface area contributed by atoms with Crippen molar-refractivity contribution in [1.29, 1.82) is 0 Å². The van der Waals surface area contributed by atoms with E-state index in [0.29, 0.717) is 6.54 Å². The molecule has 0 bridgehead atoms. The molecule has 0 aliphatic carbocycles. The molecule has 1 aliphatic rings. The Hall–Kier alpha value is -1.77. The molecule has 1 saturated heterocycles. The zero-order valence-corrected chi connectivity index (χ0v) is 18.6. The van der Waals surface area contributed by atoms with Gasteiger partial charge in [-0.2, -0.15) is 0 Å². The largest absolute Gasteiger partial charge is 0.357 e. The lowest BCUT2D eigenvalue weighted by Crippen LogP contribution is -2.38. The van der Waals surface area contributed by atoms with Crippen molar-refractivity contribution in [2.75, 3.05) is 31.6 Å². The van der Waals surface area contributed by atoms with Crippen LogP contribution in [0.15, 0.2) is 47.8 Å². The number of nitrogens with one attached hydrogen (secondary N) is 2. The number of hydrogen-bond acceptors (Lipinski definition) is 3. The van der Waals surface area contributed by atoms with Crippen molar-refractivity contribution in [3.63, 3.8) is 0 Å². The van der Waals surface area contributed by atoms with Gasteiger partial charge in [0.2, 0.25) is 0 Å². The van der Waals surface area contributed by atoms with Crippen molar-refractivity contribution in [2.45, 2.75) is 32.9 Å². The van der Waals surface area contributed by atoms with Crippen LogP contribution in [0.4, 0.5) is 5.82 Å². The maximum Gasteiger partial charge on any atom is 0.191 e. The standard InChI is InChI=1S/C20H30N6.HI/c1-17-7-12-26(13-8-17)19-6-5-18(15-23-19)16-24-20(21-2)22-9-14-25-10-3-4-11-25;/h3-6,10-11,15,17H,7-9,12-14,16H2,1-2H3,(H2,21,22,24);1H. The molecule has 1 aliphatic heterocycles. The summed E-state index contributed by atoms with van der Waals surface area (Å²) in [6.07, 6.45) is 8.61. The zero-order valence-electron chi connectivity index (χ0n) is 16.3. The molecule has 3 heterocycles. The lowest BCUT2D eigenvalue weighted by atomic mass is 9.99. The number of aliphatic imine (C=N–C) groups is 1. The monoisotopic (exact) mass is 482 g/mol. The van der Waals surface area contributed by atoms with E-state index in [1.54, 1.807) is 7.05 Å². The summed E-state index contributed by atoms with van der Waals surface area (Å²) >= 11 is 0. The molecule has 0 unspecified atom stereocenters. The van der Waals surface area contributed by atoms with E-state index in [9.17, 15) is 0 Å². The van der Waals surface area contributed by atoms with E-state index < -0.39 is 0 Å². The Kier molecular flexibility index (Phi) is 8.90. The number of pyridine rings is 1. The van der Waals surface area contributed by atoms with Gasteiger partial charge in [-0.25, -0.2) is 4.98 Å². The highest BCUT2D eigenvalue weighted by atomic mass is 127. The van der Waals surface area contributed by atoms with Crippen LogP contribution in [0, 0.1) is 5.92 Å². The highest BCUT2D eigenvalue weighted by Gasteiger charge is 2.16. The second-order valence-electron chi connectivity index (χ2n) is 6.97. The lowest BCUT2D eigenvalue weighted by Gasteiger charge is -2.31. The van der Waals surface area contributed by atoms with E-state index in [1.807, 2.05) is 18.3 Å². The average Bonchev–Trinajstić information content (AvgIpc) is 3.19. The molecule has 2 aromatic heterocycles. The Balaban J connectivity index is 0.00000261. The Labute approximate surface area is 179 Å². The first-order chi connectivity index (χ1) is 12.7. The van der Waals surface area contributed by atoms with Gasteiger partial charge in [0, 0.05) is 58.4 Å². The number of halogens is 1. The molecule has 2 N–H and O–H groups in total. The molecule has 7 heteroatoms. The van der Waals surface area contributed by atoms with Gasteiger partial charge < -0.3 is 20.1 Å². The van der Waals surface area contributed by atoms with Crippen molar-refractivity contribution in [3.05, 3.63) is 48.4 Å². The highest BCUT2D eigenvalue weighted by Crippen LogP contribution is 2.21. The summed E-state index contributed by atoms with van der Waals surface area (Å²) in [6.45, 7) is 7.03. The summed E-state index contributed by atoms with van der Waals surface area (Å²) < 4.78 is 2.14. The summed E-state index contributed by atoms with van der Waals surface area (Å²) in [4.78, 5) is 11.3. The quantitative estimate of drug-likeness (QED) is 0.378. The number of hydrogen-bond donors (Lipinski definition) is 2. The molecule has 0 atom stereocenters. The fourth-order valence-electron chi connectivity index (χ4n) is 3.18. The highest BCUT2D eigenvalue weighted by molar-refractivity contribution is 14.0. The second-order valence-corrected chi connectivity index (χ2v) is 6.97. The number of piperidine rings is 1. The van der Waals surface area contributed by atoms with E-state index in [0.717, 1.165) is 49.4 Å². The first kappa shape index (κ1) is 21.5. The van der Waals surface area contributed by atoms with Crippen molar-refractivity contribution in [2.24, 2.45) is 10.9 Å². The third kappa shape index (κ3) is 6.71. The van der Waals surface area contributed by atoms with Gasteiger partial charge in [0.15, 0.2) is 5.96 Å². The minimum atomic E-state index is 0. The van der Waals surface area contributed by atoms with Crippen LogP contribution < -0.4 is 15.5 Å². The third-order valence-corrected chi connectivity index (χ3v) is 4.93. The molecular weight excluding hydrogens is 451 g/mol. The number of anilines is 1. The van der Waals surface area contributed by atoms with Gasteiger partial charge >= 0.3 is 0 Å². The van der Waals surface area contributed by atoms with Gasteiger partial charge in [-0.15, -0.1) is 24.0 Å². The van der Waals surface area contributed by atoms with Crippen LogP contribution in [-0.4, -0.2) is 42.2 Å². The van der Waals surface area contributed by atoms with Crippen LogP contribution >= 0.6 is 24.0 Å². The molecule has 3 rings (SSSR count). The lowest BCUT2D eigenvalue weighted by molar-refractivity contribution is 0.436. The van der Waals surface area contributed by atoms with Crippen LogP contribution in [-0.2, 0) is 13.1 Å². The number of rotatable bonds is 6. The van der Waals surface area contributed by atoms with Crippen molar-refractivity contribution in [1.82, 2.24) is 20.2 Å². The Bertz CT molecular complexity index is 675. The molecule has 0 saturated carbocycles. The molecule has 1 fully saturated rings. The fraction of sp³-hybridized carbons (Fsp3) is 0.500. The number of aromatic nitrogens is 2. The molecule has 0 aromatic carbocycles. The Morgan fingerprint density at radius 1 is 1.19 bits per heavy atom.